The average Bonchev–Trinajstić information content (AvgIpc) is 2.81. The number of aromatic nitrogens is 3. The summed E-state index contributed by atoms with van der Waals surface area (Å²) in [6, 6.07) is 8.43. The van der Waals surface area contributed by atoms with E-state index in [9.17, 15) is 5.11 Å². The van der Waals surface area contributed by atoms with Crippen molar-refractivity contribution >= 4 is 12.2 Å². The largest absolute Gasteiger partial charge is 0.387 e. The third-order valence-electron chi connectivity index (χ3n) is 4.34. The summed E-state index contributed by atoms with van der Waals surface area (Å²) in [4.78, 5) is 4.02. The molecule has 0 saturated carbocycles. The number of aliphatic hydroxyl groups is 1. The van der Waals surface area contributed by atoms with Crippen LogP contribution in [0.1, 0.15) is 38.3 Å². The van der Waals surface area contributed by atoms with Crippen molar-refractivity contribution < 1.29 is 5.11 Å². The summed E-state index contributed by atoms with van der Waals surface area (Å²) >= 11 is 5.18. The first-order valence-corrected chi connectivity index (χ1v) is 8.00. The Balaban J connectivity index is 2.19. The van der Waals surface area contributed by atoms with Crippen LogP contribution in [0, 0.1) is 17.1 Å². The highest BCUT2D eigenvalue weighted by Crippen LogP contribution is 2.35. The van der Waals surface area contributed by atoms with Gasteiger partial charge in [-0.2, -0.15) is 0 Å². The van der Waals surface area contributed by atoms with E-state index in [1.807, 2.05) is 0 Å². The molecule has 1 aromatic heterocycles. The molecule has 0 fully saturated rings. The Morgan fingerprint density at radius 3 is 2.59 bits per heavy atom. The smallest absolute Gasteiger partial charge is 0.215 e. The molecular weight excluding hydrogens is 294 g/mol. The fourth-order valence-corrected chi connectivity index (χ4v) is 2.73. The number of nitrogens with one attached hydrogen (secondary N) is 1. The minimum Gasteiger partial charge on any atom is -0.387 e. The fraction of sp³-hybridized carbons (Fsp3) is 0.529. The van der Waals surface area contributed by atoms with Gasteiger partial charge in [0.25, 0.3) is 0 Å². The number of aryl methyl sites for hydroxylation is 2. The molecule has 4 nitrogen and oxygen atoms in total. The van der Waals surface area contributed by atoms with E-state index in [0.717, 1.165) is 6.42 Å². The van der Waals surface area contributed by atoms with Crippen molar-refractivity contribution in [2.75, 3.05) is 0 Å². The Morgan fingerprint density at radius 2 is 2.05 bits per heavy atom. The molecule has 1 unspecified atom stereocenters. The lowest BCUT2D eigenvalue weighted by Gasteiger charge is -2.40. The van der Waals surface area contributed by atoms with E-state index in [-0.39, 0.29) is 5.41 Å². The molecule has 22 heavy (non-hydrogen) atoms. The quantitative estimate of drug-likeness (QED) is 0.827. The summed E-state index contributed by atoms with van der Waals surface area (Å²) in [5.41, 5.74) is 1.35. The molecule has 0 aliphatic rings. The summed E-state index contributed by atoms with van der Waals surface area (Å²) in [5, 5.41) is 14.2. The Morgan fingerprint density at radius 1 is 1.32 bits per heavy atom. The fourth-order valence-electron chi connectivity index (χ4n) is 2.56. The van der Waals surface area contributed by atoms with Crippen LogP contribution in [-0.2, 0) is 13.0 Å². The van der Waals surface area contributed by atoms with Crippen molar-refractivity contribution in [3.8, 4) is 0 Å². The van der Waals surface area contributed by atoms with Gasteiger partial charge >= 0.3 is 0 Å². The predicted molar refractivity (Wildman–Crippen MR) is 91.3 cm³/mol. The standard InChI is InChI=1S/C17H25N3OS/c1-13-6-5-7-14(10-13)8-9-17(21,16(2,3)4)11-20-15(22)18-12-19-20/h5-7,10,12,21H,8-9,11H2,1-4H3,(H,18,19,22). The number of benzene rings is 1. The Labute approximate surface area is 137 Å². The predicted octanol–water partition coefficient (Wildman–Crippen LogP) is 3.66. The highest BCUT2D eigenvalue weighted by atomic mass is 32.1. The Kier molecular flexibility index (Phi) is 4.87. The molecule has 1 atom stereocenters. The number of hydrogen-bond donors (Lipinski definition) is 2. The summed E-state index contributed by atoms with van der Waals surface area (Å²) in [6.07, 6.45) is 3.06. The number of nitrogens with zero attached hydrogens (tertiary/aromatic N) is 2. The van der Waals surface area contributed by atoms with Gasteiger partial charge in [-0.05, 0) is 43.0 Å². The molecular formula is C17H25N3OS. The van der Waals surface area contributed by atoms with Crippen LogP contribution in [0.4, 0.5) is 0 Å². The van der Waals surface area contributed by atoms with Gasteiger partial charge < -0.3 is 5.11 Å². The van der Waals surface area contributed by atoms with Crippen LogP contribution < -0.4 is 0 Å². The molecule has 1 aromatic carbocycles. The molecule has 2 N–H and O–H groups in total. The van der Waals surface area contributed by atoms with E-state index < -0.39 is 5.60 Å². The minimum atomic E-state index is -0.874. The monoisotopic (exact) mass is 319 g/mol. The molecule has 0 aliphatic heterocycles. The van der Waals surface area contributed by atoms with Crippen molar-refractivity contribution in [2.45, 2.75) is 52.7 Å². The van der Waals surface area contributed by atoms with Gasteiger partial charge in [0.15, 0.2) is 0 Å². The summed E-state index contributed by atoms with van der Waals surface area (Å²) < 4.78 is 2.20. The van der Waals surface area contributed by atoms with Gasteiger partial charge in [-0.15, -0.1) is 0 Å². The molecule has 1 heterocycles. The molecule has 0 amide bonds. The van der Waals surface area contributed by atoms with Gasteiger partial charge in [0.1, 0.15) is 6.33 Å². The van der Waals surface area contributed by atoms with Gasteiger partial charge in [0.2, 0.25) is 4.77 Å². The zero-order chi connectivity index (χ0) is 16.4. The van der Waals surface area contributed by atoms with Gasteiger partial charge in [0.05, 0.1) is 12.1 Å². The van der Waals surface area contributed by atoms with Crippen LogP contribution in [0.15, 0.2) is 30.6 Å². The maximum absolute atomic E-state index is 11.3. The van der Waals surface area contributed by atoms with Crippen LogP contribution in [0.5, 0.6) is 0 Å². The van der Waals surface area contributed by atoms with Crippen LogP contribution in [0.2, 0.25) is 0 Å². The topological polar surface area (TPSA) is 53.8 Å². The van der Waals surface area contributed by atoms with Crippen LogP contribution >= 0.6 is 12.2 Å². The van der Waals surface area contributed by atoms with Crippen LogP contribution in [0.3, 0.4) is 0 Å². The summed E-state index contributed by atoms with van der Waals surface area (Å²) in [7, 11) is 0. The molecule has 0 radical (unpaired) electrons. The molecule has 120 valence electrons. The van der Waals surface area contributed by atoms with Gasteiger partial charge in [0, 0.05) is 0 Å². The third kappa shape index (κ3) is 3.84. The van der Waals surface area contributed by atoms with Gasteiger partial charge in [-0.25, -0.2) is 4.98 Å². The van der Waals surface area contributed by atoms with Crippen molar-refractivity contribution in [2.24, 2.45) is 5.41 Å². The first kappa shape index (κ1) is 16.9. The van der Waals surface area contributed by atoms with Crippen molar-refractivity contribution in [1.82, 2.24) is 14.8 Å². The second kappa shape index (κ2) is 6.34. The van der Waals surface area contributed by atoms with E-state index in [1.165, 1.54) is 11.1 Å². The first-order chi connectivity index (χ1) is 10.2. The lowest BCUT2D eigenvalue weighted by Crippen LogP contribution is -2.47. The third-order valence-corrected chi connectivity index (χ3v) is 4.67. The maximum Gasteiger partial charge on any atom is 0.215 e. The Bertz CT molecular complexity index is 683. The van der Waals surface area contributed by atoms with Crippen LogP contribution in [-0.4, -0.2) is 25.5 Å². The van der Waals surface area contributed by atoms with Gasteiger partial charge in [-0.1, -0.05) is 50.6 Å². The van der Waals surface area contributed by atoms with E-state index in [1.54, 1.807) is 11.0 Å². The maximum atomic E-state index is 11.3. The molecule has 2 rings (SSSR count). The second-order valence-electron chi connectivity index (χ2n) is 7.03. The number of H-pyrrole nitrogens is 1. The zero-order valence-electron chi connectivity index (χ0n) is 13.8. The van der Waals surface area contributed by atoms with Crippen LogP contribution in [0.25, 0.3) is 0 Å². The van der Waals surface area contributed by atoms with Crippen molar-refractivity contribution in [3.05, 3.63) is 46.5 Å². The molecule has 0 bridgehead atoms. The van der Waals surface area contributed by atoms with Crippen molar-refractivity contribution in [1.29, 1.82) is 0 Å². The van der Waals surface area contributed by atoms with E-state index >= 15 is 0 Å². The summed E-state index contributed by atoms with van der Waals surface area (Å²) in [6.45, 7) is 8.68. The number of aromatic amines is 1. The highest BCUT2D eigenvalue weighted by Gasteiger charge is 2.40. The summed E-state index contributed by atoms with van der Waals surface area (Å²) in [5.74, 6) is 0. The molecule has 0 saturated heterocycles. The number of hydrogen-bond acceptors (Lipinski definition) is 3. The van der Waals surface area contributed by atoms with E-state index in [0.29, 0.717) is 17.7 Å². The molecule has 5 heteroatoms. The van der Waals surface area contributed by atoms with Crippen molar-refractivity contribution in [3.63, 3.8) is 0 Å². The average molecular weight is 319 g/mol. The molecule has 0 aliphatic carbocycles. The van der Waals surface area contributed by atoms with E-state index in [2.05, 4.69) is 62.0 Å². The second-order valence-corrected chi connectivity index (χ2v) is 7.39. The Hall–Kier alpha value is -1.46. The van der Waals surface area contributed by atoms with E-state index in [4.69, 9.17) is 12.2 Å². The first-order valence-electron chi connectivity index (χ1n) is 7.59. The number of rotatable bonds is 5. The molecule has 2 aromatic rings. The lowest BCUT2D eigenvalue weighted by atomic mass is 9.73. The minimum absolute atomic E-state index is 0.267. The lowest BCUT2D eigenvalue weighted by molar-refractivity contribution is -0.0798. The SMILES string of the molecule is Cc1cccc(CCC(O)(Cn2[nH]cnc2=S)C(C)(C)C)c1. The normalized spacial score (nSPS) is 14.8. The molecule has 0 spiro atoms. The zero-order valence-corrected chi connectivity index (χ0v) is 14.6. The van der Waals surface area contributed by atoms with Gasteiger partial charge in [-0.3, -0.25) is 9.78 Å². The highest BCUT2D eigenvalue weighted by molar-refractivity contribution is 7.71.